The number of hydrogen-bond donors (Lipinski definition) is 2. The Kier molecular flexibility index (Phi) is 7.09. The summed E-state index contributed by atoms with van der Waals surface area (Å²) in [5.74, 6) is 1.64. The third-order valence-corrected chi connectivity index (χ3v) is 8.45. The summed E-state index contributed by atoms with van der Waals surface area (Å²) in [5.41, 5.74) is 2.18. The fourth-order valence-electron chi connectivity index (χ4n) is 7.06. The van der Waals surface area contributed by atoms with E-state index in [-0.39, 0.29) is 11.3 Å². The number of amides is 1. The Bertz CT molecular complexity index is 706. The van der Waals surface area contributed by atoms with Crippen molar-refractivity contribution < 1.29 is 4.79 Å². The largest absolute Gasteiger partial charge is 0.353 e. The van der Waals surface area contributed by atoms with Crippen LogP contribution in [0.1, 0.15) is 83.1 Å². The highest BCUT2D eigenvalue weighted by molar-refractivity contribution is 6.17. The first-order valence-corrected chi connectivity index (χ1v) is 12.7. The number of carbonyl (C=O) groups excluding carboxylic acids is 1. The Labute approximate surface area is 187 Å². The van der Waals surface area contributed by atoms with Gasteiger partial charge in [0.2, 0.25) is 5.91 Å². The Morgan fingerprint density at radius 1 is 1.23 bits per heavy atom. The molecule has 2 aliphatic carbocycles. The second-order valence-corrected chi connectivity index (χ2v) is 11.0. The minimum absolute atomic E-state index is 0.255. The molecule has 3 aliphatic rings. The van der Waals surface area contributed by atoms with Gasteiger partial charge < -0.3 is 10.6 Å². The molecule has 1 amide bonds. The summed E-state index contributed by atoms with van der Waals surface area (Å²) in [6.07, 6.45) is 12.6. The molecule has 5 atom stereocenters. The zero-order valence-corrected chi connectivity index (χ0v) is 19.4. The van der Waals surface area contributed by atoms with E-state index in [4.69, 9.17) is 11.6 Å². The van der Waals surface area contributed by atoms with E-state index in [1.165, 1.54) is 44.1 Å². The second-order valence-electron chi connectivity index (χ2n) is 10.6. The molecule has 1 aliphatic heterocycles. The quantitative estimate of drug-likeness (QED) is 0.556. The summed E-state index contributed by atoms with van der Waals surface area (Å²) in [7, 11) is 0. The summed E-state index contributed by atoms with van der Waals surface area (Å²) in [5, 5.41) is 6.78. The van der Waals surface area contributed by atoms with Gasteiger partial charge in [-0.15, -0.1) is 11.6 Å². The van der Waals surface area contributed by atoms with Crippen LogP contribution in [0, 0.1) is 11.3 Å². The number of rotatable bonds is 7. The minimum Gasteiger partial charge on any atom is -0.353 e. The van der Waals surface area contributed by atoms with E-state index < -0.39 is 0 Å². The monoisotopic (exact) mass is 430 g/mol. The van der Waals surface area contributed by atoms with Gasteiger partial charge in [-0.2, -0.15) is 0 Å². The molecule has 0 aromatic heterocycles. The lowest BCUT2D eigenvalue weighted by Crippen LogP contribution is -2.48. The van der Waals surface area contributed by atoms with Crippen molar-refractivity contribution in [3.05, 3.63) is 35.9 Å². The van der Waals surface area contributed by atoms with Crippen molar-refractivity contribution in [3.8, 4) is 0 Å². The molecule has 1 saturated heterocycles. The summed E-state index contributed by atoms with van der Waals surface area (Å²) < 4.78 is 0. The molecule has 2 saturated carbocycles. The van der Waals surface area contributed by atoms with E-state index in [1.54, 1.807) is 0 Å². The van der Waals surface area contributed by atoms with Crippen LogP contribution < -0.4 is 10.6 Å². The molecule has 1 aromatic carbocycles. The predicted octanol–water partition coefficient (Wildman–Crippen LogP) is 5.56. The van der Waals surface area contributed by atoms with E-state index in [0.29, 0.717) is 29.8 Å². The predicted molar refractivity (Wildman–Crippen MR) is 125 cm³/mol. The zero-order valence-electron chi connectivity index (χ0n) is 18.6. The number of halogens is 1. The summed E-state index contributed by atoms with van der Waals surface area (Å²) in [6, 6.07) is 12.0. The SMILES string of the molecule is C[C@H]1C[C@@H](NC(=O)CCC2C[C@@]3(CCCl)CCC[C@@](c4ccccc4)(C2)C3)CCN1. The average Bonchev–Trinajstić information content (AvgIpc) is 2.73. The van der Waals surface area contributed by atoms with Crippen LogP contribution in [0.15, 0.2) is 30.3 Å². The molecule has 4 rings (SSSR count). The van der Waals surface area contributed by atoms with Crippen LogP contribution in [-0.2, 0) is 10.2 Å². The number of nitrogens with one attached hydrogen (secondary N) is 2. The molecule has 3 fully saturated rings. The lowest BCUT2D eigenvalue weighted by Gasteiger charge is -2.55. The normalized spacial score (nSPS) is 36.3. The Hall–Kier alpha value is -1.06. The molecule has 4 heteroatoms. The van der Waals surface area contributed by atoms with Crippen LogP contribution in [0.5, 0.6) is 0 Å². The maximum atomic E-state index is 12.7. The van der Waals surface area contributed by atoms with Crippen molar-refractivity contribution >= 4 is 17.5 Å². The van der Waals surface area contributed by atoms with Gasteiger partial charge in [0.25, 0.3) is 0 Å². The number of carbonyl (C=O) groups is 1. The standard InChI is InChI=1S/C26H39ClN2O/c1-20-16-23(10-15-28-20)29-24(30)9-8-21-17-25(13-14-27)11-5-12-26(18-21,19-25)22-6-3-2-4-7-22/h2-4,6-7,20-21,23,28H,5,8-19H2,1H3,(H,29,30)/t20-,21?,23-,25-,26+/m0/s1. The van der Waals surface area contributed by atoms with Gasteiger partial charge in [0.1, 0.15) is 0 Å². The minimum atomic E-state index is 0.255. The van der Waals surface area contributed by atoms with Gasteiger partial charge in [-0.1, -0.05) is 36.8 Å². The topological polar surface area (TPSA) is 41.1 Å². The number of hydrogen-bond acceptors (Lipinski definition) is 2. The first kappa shape index (κ1) is 22.1. The molecular weight excluding hydrogens is 392 g/mol. The van der Waals surface area contributed by atoms with E-state index in [0.717, 1.165) is 38.1 Å². The number of benzene rings is 1. The molecular formula is C26H39ClN2O. The van der Waals surface area contributed by atoms with Crippen LogP contribution in [0.4, 0.5) is 0 Å². The molecule has 1 aromatic rings. The van der Waals surface area contributed by atoms with Gasteiger partial charge in [-0.05, 0) is 93.6 Å². The van der Waals surface area contributed by atoms with E-state index >= 15 is 0 Å². The molecule has 2 bridgehead atoms. The third-order valence-electron chi connectivity index (χ3n) is 8.26. The Morgan fingerprint density at radius 3 is 2.83 bits per heavy atom. The molecule has 166 valence electrons. The fourth-order valence-corrected chi connectivity index (χ4v) is 7.46. The van der Waals surface area contributed by atoms with Gasteiger partial charge in [0.15, 0.2) is 0 Å². The average molecular weight is 431 g/mol. The van der Waals surface area contributed by atoms with Crippen LogP contribution in [0.2, 0.25) is 0 Å². The summed E-state index contributed by atoms with van der Waals surface area (Å²) in [4.78, 5) is 12.7. The van der Waals surface area contributed by atoms with Crippen molar-refractivity contribution in [2.75, 3.05) is 12.4 Å². The number of piperidine rings is 1. The number of alkyl halides is 1. The van der Waals surface area contributed by atoms with Crippen molar-refractivity contribution in [1.29, 1.82) is 0 Å². The van der Waals surface area contributed by atoms with Crippen molar-refractivity contribution in [1.82, 2.24) is 10.6 Å². The van der Waals surface area contributed by atoms with Gasteiger partial charge in [0.05, 0.1) is 0 Å². The Balaban J connectivity index is 1.42. The molecule has 2 N–H and O–H groups in total. The zero-order chi connectivity index (χ0) is 21.0. The van der Waals surface area contributed by atoms with Gasteiger partial charge in [-0.25, -0.2) is 0 Å². The lowest BCUT2D eigenvalue weighted by atomic mass is 9.49. The molecule has 1 heterocycles. The molecule has 1 unspecified atom stereocenters. The second kappa shape index (κ2) is 9.61. The van der Waals surface area contributed by atoms with Crippen LogP contribution in [0.25, 0.3) is 0 Å². The highest BCUT2D eigenvalue weighted by Crippen LogP contribution is 2.60. The van der Waals surface area contributed by atoms with Crippen LogP contribution in [0.3, 0.4) is 0 Å². The van der Waals surface area contributed by atoms with E-state index in [1.807, 2.05) is 0 Å². The maximum Gasteiger partial charge on any atom is 0.220 e. The maximum absolute atomic E-state index is 12.7. The van der Waals surface area contributed by atoms with Crippen molar-refractivity contribution in [2.24, 2.45) is 11.3 Å². The van der Waals surface area contributed by atoms with Crippen LogP contribution in [-0.4, -0.2) is 30.4 Å². The van der Waals surface area contributed by atoms with Gasteiger partial charge in [0, 0.05) is 24.4 Å². The van der Waals surface area contributed by atoms with Gasteiger partial charge in [-0.3, -0.25) is 4.79 Å². The highest BCUT2D eigenvalue weighted by atomic mass is 35.5. The van der Waals surface area contributed by atoms with Crippen molar-refractivity contribution in [2.45, 2.75) is 95.1 Å². The molecule has 0 radical (unpaired) electrons. The highest BCUT2D eigenvalue weighted by Gasteiger charge is 2.50. The fraction of sp³-hybridized carbons (Fsp3) is 0.731. The van der Waals surface area contributed by atoms with E-state index in [9.17, 15) is 4.79 Å². The first-order valence-electron chi connectivity index (χ1n) is 12.2. The summed E-state index contributed by atoms with van der Waals surface area (Å²) >= 11 is 6.29. The Morgan fingerprint density at radius 2 is 2.07 bits per heavy atom. The molecule has 0 spiro atoms. The first-order chi connectivity index (χ1) is 14.5. The third kappa shape index (κ3) is 5.05. The smallest absolute Gasteiger partial charge is 0.220 e. The lowest BCUT2D eigenvalue weighted by molar-refractivity contribution is -0.122. The summed E-state index contributed by atoms with van der Waals surface area (Å²) in [6.45, 7) is 3.22. The van der Waals surface area contributed by atoms with E-state index in [2.05, 4.69) is 47.9 Å². The van der Waals surface area contributed by atoms with Gasteiger partial charge >= 0.3 is 0 Å². The van der Waals surface area contributed by atoms with Crippen LogP contribution >= 0.6 is 11.6 Å². The molecule has 30 heavy (non-hydrogen) atoms. The number of fused-ring (bicyclic) bond motifs is 2. The molecule has 3 nitrogen and oxygen atoms in total. The van der Waals surface area contributed by atoms with Crippen molar-refractivity contribution in [3.63, 3.8) is 0 Å².